The summed E-state index contributed by atoms with van der Waals surface area (Å²) in [6.07, 6.45) is 4.21. The van der Waals surface area contributed by atoms with Crippen LogP contribution in [0.15, 0.2) is 72.9 Å². The number of hydrogen-bond donors (Lipinski definition) is 1. The number of thiocarbonyl (C=S) groups is 1. The van der Waals surface area contributed by atoms with Gasteiger partial charge in [-0.25, -0.2) is 0 Å². The van der Waals surface area contributed by atoms with E-state index in [-0.39, 0.29) is 12.1 Å². The summed E-state index contributed by atoms with van der Waals surface area (Å²) in [4.78, 5) is 9.32. The molecule has 2 aromatic heterocycles. The Balaban J connectivity index is 1.44. The standard InChI is InChI=1S/C32H33Cl2N5S/c1-20-12-15-37(16-13-20)29-11-10-25(19-27(29)34)39-31(30(36-32(39)40)28-9-4-5-14-35-28)26-17-21(2)38(22(26)3)24-8-6-7-23(33)18-24/h4-11,14,17-20,30-31H,12-13,15-16H2,1-3H3,(H,36,40). The summed E-state index contributed by atoms with van der Waals surface area (Å²) < 4.78 is 2.25. The first-order chi connectivity index (χ1) is 19.3. The zero-order chi connectivity index (χ0) is 28.0. The molecule has 4 aromatic rings. The molecule has 2 atom stereocenters. The van der Waals surface area contributed by atoms with Crippen LogP contribution in [-0.4, -0.2) is 27.8 Å². The lowest BCUT2D eigenvalue weighted by Gasteiger charge is -2.33. The van der Waals surface area contributed by atoms with Crippen molar-refractivity contribution in [2.24, 2.45) is 5.92 Å². The normalized spacial score (nSPS) is 19.8. The molecular formula is C32H33Cl2N5S. The van der Waals surface area contributed by atoms with Gasteiger partial charge in [0, 0.05) is 47.1 Å². The maximum absolute atomic E-state index is 6.97. The first-order valence-electron chi connectivity index (χ1n) is 13.8. The summed E-state index contributed by atoms with van der Waals surface area (Å²) >= 11 is 19.3. The smallest absolute Gasteiger partial charge is 0.174 e. The predicted octanol–water partition coefficient (Wildman–Crippen LogP) is 8.21. The monoisotopic (exact) mass is 589 g/mol. The molecule has 2 saturated heterocycles. The first kappa shape index (κ1) is 27.1. The minimum absolute atomic E-state index is 0.126. The van der Waals surface area contributed by atoms with Crippen molar-refractivity contribution in [1.29, 1.82) is 0 Å². The quantitative estimate of drug-likeness (QED) is 0.237. The summed E-state index contributed by atoms with van der Waals surface area (Å²) in [5, 5.41) is 5.70. The third-order valence-corrected chi connectivity index (χ3v) is 9.14. The third kappa shape index (κ3) is 4.98. The second kappa shape index (κ2) is 11.1. The van der Waals surface area contributed by atoms with Crippen LogP contribution in [0.25, 0.3) is 5.69 Å². The molecule has 2 unspecified atom stereocenters. The minimum atomic E-state index is -0.135. The van der Waals surface area contributed by atoms with Gasteiger partial charge in [0.25, 0.3) is 0 Å². The lowest BCUT2D eigenvalue weighted by atomic mass is 9.96. The Morgan fingerprint density at radius 2 is 1.73 bits per heavy atom. The van der Waals surface area contributed by atoms with Crippen molar-refractivity contribution in [2.75, 3.05) is 22.9 Å². The number of rotatable bonds is 5. The molecule has 8 heteroatoms. The average Bonchev–Trinajstić information content (AvgIpc) is 3.44. The van der Waals surface area contributed by atoms with Crippen LogP contribution in [0.2, 0.25) is 10.0 Å². The van der Waals surface area contributed by atoms with E-state index in [4.69, 9.17) is 40.4 Å². The van der Waals surface area contributed by atoms with Gasteiger partial charge in [-0.2, -0.15) is 0 Å². The SMILES string of the molecule is Cc1cc(C2C(c3ccccn3)NC(=S)N2c2ccc(N3CCC(C)CC3)c(Cl)c2)c(C)n1-c1cccc(Cl)c1. The van der Waals surface area contributed by atoms with E-state index in [1.54, 1.807) is 0 Å². The van der Waals surface area contributed by atoms with Gasteiger partial charge in [-0.05, 0) is 105 Å². The number of hydrogen-bond acceptors (Lipinski definition) is 3. The van der Waals surface area contributed by atoms with E-state index >= 15 is 0 Å². The summed E-state index contributed by atoms with van der Waals surface area (Å²) in [7, 11) is 0. The van der Waals surface area contributed by atoms with Crippen molar-refractivity contribution in [2.45, 2.75) is 45.7 Å². The number of aryl methyl sites for hydroxylation is 1. The lowest BCUT2D eigenvalue weighted by Crippen LogP contribution is -2.33. The highest BCUT2D eigenvalue weighted by Crippen LogP contribution is 2.45. The topological polar surface area (TPSA) is 36.3 Å². The van der Waals surface area contributed by atoms with E-state index in [0.29, 0.717) is 10.1 Å². The number of halogens is 2. The van der Waals surface area contributed by atoms with Crippen molar-refractivity contribution < 1.29 is 0 Å². The van der Waals surface area contributed by atoms with Crippen molar-refractivity contribution in [3.8, 4) is 5.69 Å². The lowest BCUT2D eigenvalue weighted by molar-refractivity contribution is 0.438. The van der Waals surface area contributed by atoms with Crippen LogP contribution >= 0.6 is 35.4 Å². The Morgan fingerprint density at radius 1 is 0.925 bits per heavy atom. The van der Waals surface area contributed by atoms with E-state index in [0.717, 1.165) is 58.2 Å². The zero-order valence-electron chi connectivity index (χ0n) is 22.9. The van der Waals surface area contributed by atoms with Crippen LogP contribution in [0.4, 0.5) is 11.4 Å². The van der Waals surface area contributed by atoms with Crippen LogP contribution in [0.1, 0.15) is 54.5 Å². The summed E-state index contributed by atoms with van der Waals surface area (Å²) in [5.74, 6) is 0.762. The van der Waals surface area contributed by atoms with Crippen molar-refractivity contribution in [1.82, 2.24) is 14.9 Å². The van der Waals surface area contributed by atoms with Gasteiger partial charge < -0.3 is 19.7 Å². The molecule has 40 heavy (non-hydrogen) atoms. The molecule has 0 spiro atoms. The minimum Gasteiger partial charge on any atom is -0.370 e. The fourth-order valence-electron chi connectivity index (χ4n) is 6.20. The molecule has 206 valence electrons. The van der Waals surface area contributed by atoms with Crippen LogP contribution < -0.4 is 15.1 Å². The molecule has 2 aromatic carbocycles. The van der Waals surface area contributed by atoms with Gasteiger partial charge >= 0.3 is 0 Å². The van der Waals surface area contributed by atoms with E-state index in [1.807, 2.05) is 36.5 Å². The number of aromatic nitrogens is 2. The fraction of sp³-hybridized carbons (Fsp3) is 0.312. The largest absolute Gasteiger partial charge is 0.370 e. The molecular weight excluding hydrogens is 557 g/mol. The molecule has 2 aliphatic rings. The molecule has 5 nitrogen and oxygen atoms in total. The van der Waals surface area contributed by atoms with Crippen molar-refractivity contribution in [3.63, 3.8) is 0 Å². The number of benzene rings is 2. The molecule has 2 fully saturated rings. The maximum Gasteiger partial charge on any atom is 0.174 e. The molecule has 2 aliphatic heterocycles. The van der Waals surface area contributed by atoms with E-state index in [9.17, 15) is 0 Å². The van der Waals surface area contributed by atoms with Gasteiger partial charge in [0.05, 0.1) is 28.5 Å². The molecule has 0 saturated carbocycles. The van der Waals surface area contributed by atoms with Crippen LogP contribution in [0, 0.1) is 19.8 Å². The van der Waals surface area contributed by atoms with E-state index < -0.39 is 0 Å². The molecule has 4 heterocycles. The molecule has 0 bridgehead atoms. The summed E-state index contributed by atoms with van der Waals surface area (Å²) in [5.41, 5.74) is 7.46. The maximum atomic E-state index is 6.97. The van der Waals surface area contributed by atoms with Crippen LogP contribution in [0.5, 0.6) is 0 Å². The molecule has 0 radical (unpaired) electrons. The van der Waals surface area contributed by atoms with Gasteiger partial charge in [-0.3, -0.25) is 4.98 Å². The highest BCUT2D eigenvalue weighted by atomic mass is 35.5. The number of anilines is 2. The van der Waals surface area contributed by atoms with Gasteiger partial charge in [-0.15, -0.1) is 0 Å². The number of nitrogens with zero attached hydrogens (tertiary/aromatic N) is 4. The number of piperidine rings is 1. The van der Waals surface area contributed by atoms with Gasteiger partial charge in [0.15, 0.2) is 5.11 Å². The molecule has 0 aliphatic carbocycles. The summed E-state index contributed by atoms with van der Waals surface area (Å²) in [6, 6.07) is 22.3. The van der Waals surface area contributed by atoms with Crippen LogP contribution in [-0.2, 0) is 0 Å². The highest BCUT2D eigenvalue weighted by molar-refractivity contribution is 7.80. The van der Waals surface area contributed by atoms with Crippen LogP contribution in [0.3, 0.4) is 0 Å². The van der Waals surface area contributed by atoms with Gasteiger partial charge in [0.1, 0.15) is 0 Å². The molecule has 0 amide bonds. The Kier molecular flexibility index (Phi) is 7.51. The molecule has 1 N–H and O–H groups in total. The van der Waals surface area contributed by atoms with E-state index in [1.165, 1.54) is 18.4 Å². The van der Waals surface area contributed by atoms with E-state index in [2.05, 4.69) is 76.9 Å². The average molecular weight is 591 g/mol. The highest BCUT2D eigenvalue weighted by Gasteiger charge is 2.42. The van der Waals surface area contributed by atoms with Gasteiger partial charge in [-0.1, -0.05) is 42.3 Å². The second-order valence-corrected chi connectivity index (χ2v) is 12.2. The second-order valence-electron chi connectivity index (χ2n) is 10.9. The Labute approximate surface area is 251 Å². The van der Waals surface area contributed by atoms with Crippen molar-refractivity contribution in [3.05, 3.63) is 106 Å². The Bertz CT molecular complexity index is 1540. The zero-order valence-corrected chi connectivity index (χ0v) is 25.3. The third-order valence-electron chi connectivity index (χ3n) is 8.29. The number of nitrogens with one attached hydrogen (secondary N) is 1. The Morgan fingerprint density at radius 3 is 2.42 bits per heavy atom. The number of pyridine rings is 1. The first-order valence-corrected chi connectivity index (χ1v) is 15.0. The molecule has 6 rings (SSSR count). The van der Waals surface area contributed by atoms with Gasteiger partial charge in [0.2, 0.25) is 0 Å². The predicted molar refractivity (Wildman–Crippen MR) is 170 cm³/mol. The summed E-state index contributed by atoms with van der Waals surface area (Å²) in [6.45, 7) is 8.67. The van der Waals surface area contributed by atoms with Crippen molar-refractivity contribution >= 4 is 51.9 Å². The Hall–Kier alpha value is -3.06. The fourth-order valence-corrected chi connectivity index (χ4v) is 7.02.